The van der Waals surface area contributed by atoms with Crippen LogP contribution in [0.25, 0.3) is 0 Å². The fourth-order valence-corrected chi connectivity index (χ4v) is 2.92. The highest BCUT2D eigenvalue weighted by atomic mass is 16.3. The van der Waals surface area contributed by atoms with Gasteiger partial charge in [0.1, 0.15) is 0 Å². The number of likely N-dealkylation sites (N-methyl/N-ethyl adjacent to an activating group) is 1. The molecule has 0 amide bonds. The van der Waals surface area contributed by atoms with E-state index in [1.807, 2.05) is 0 Å². The number of aliphatic hydroxyl groups excluding tert-OH is 1. The Kier molecular flexibility index (Phi) is 6.45. The number of piperidine rings is 1. The van der Waals surface area contributed by atoms with E-state index in [9.17, 15) is 5.11 Å². The molecule has 2 atom stereocenters. The second-order valence-electron chi connectivity index (χ2n) is 5.70. The summed E-state index contributed by atoms with van der Waals surface area (Å²) in [6.45, 7) is 8.42. The lowest BCUT2D eigenvalue weighted by Gasteiger charge is -2.42. The molecule has 0 aromatic rings. The summed E-state index contributed by atoms with van der Waals surface area (Å²) in [6.07, 6.45) is 3.70. The number of hydrogen-bond donors (Lipinski definition) is 1. The van der Waals surface area contributed by atoms with Gasteiger partial charge in [0.2, 0.25) is 0 Å². The molecule has 1 aliphatic rings. The third-order valence-corrected chi connectivity index (χ3v) is 4.37. The summed E-state index contributed by atoms with van der Waals surface area (Å²) in [5.41, 5.74) is 0. The van der Waals surface area contributed by atoms with E-state index in [1.54, 1.807) is 0 Å². The average Bonchev–Trinajstić information content (AvgIpc) is 2.35. The maximum atomic E-state index is 9.43. The molecule has 0 unspecified atom stereocenters. The lowest BCUT2D eigenvalue weighted by Crippen LogP contribution is -2.52. The van der Waals surface area contributed by atoms with Crippen LogP contribution >= 0.6 is 0 Å². The zero-order chi connectivity index (χ0) is 12.8. The van der Waals surface area contributed by atoms with Crippen molar-refractivity contribution in [2.24, 2.45) is 11.8 Å². The van der Waals surface area contributed by atoms with Gasteiger partial charge < -0.3 is 14.9 Å². The van der Waals surface area contributed by atoms with Gasteiger partial charge in [-0.05, 0) is 38.9 Å². The van der Waals surface area contributed by atoms with E-state index in [-0.39, 0.29) is 0 Å². The third-order valence-electron chi connectivity index (χ3n) is 4.37. The average molecular weight is 242 g/mol. The Morgan fingerprint density at radius 2 is 1.94 bits per heavy atom. The van der Waals surface area contributed by atoms with Gasteiger partial charge in [-0.1, -0.05) is 26.7 Å². The van der Waals surface area contributed by atoms with Gasteiger partial charge >= 0.3 is 0 Å². The molecule has 1 heterocycles. The van der Waals surface area contributed by atoms with Gasteiger partial charge in [0, 0.05) is 25.7 Å². The van der Waals surface area contributed by atoms with Gasteiger partial charge in [0.05, 0.1) is 0 Å². The normalized spacial score (nSPS) is 27.0. The van der Waals surface area contributed by atoms with Crippen LogP contribution < -0.4 is 0 Å². The Labute approximate surface area is 107 Å². The topological polar surface area (TPSA) is 26.7 Å². The Morgan fingerprint density at radius 3 is 2.41 bits per heavy atom. The molecule has 1 saturated heterocycles. The predicted molar refractivity (Wildman–Crippen MR) is 73.2 cm³/mol. The van der Waals surface area contributed by atoms with Gasteiger partial charge in [0.15, 0.2) is 0 Å². The first-order valence-electron chi connectivity index (χ1n) is 7.11. The quantitative estimate of drug-likeness (QED) is 0.767. The Hall–Kier alpha value is -0.120. The summed E-state index contributed by atoms with van der Waals surface area (Å²) in [5.74, 6) is 1.30. The van der Waals surface area contributed by atoms with Crippen molar-refractivity contribution < 1.29 is 5.11 Å². The minimum atomic E-state index is 0.335. The summed E-state index contributed by atoms with van der Waals surface area (Å²) in [6, 6.07) is 0.517. The minimum absolute atomic E-state index is 0.335. The molecule has 1 fully saturated rings. The van der Waals surface area contributed by atoms with Crippen molar-refractivity contribution in [3.05, 3.63) is 0 Å². The van der Waals surface area contributed by atoms with Gasteiger partial charge in [-0.3, -0.25) is 0 Å². The predicted octanol–water partition coefficient (Wildman–Crippen LogP) is 1.67. The Morgan fingerprint density at radius 1 is 1.29 bits per heavy atom. The molecule has 3 heteroatoms. The number of nitrogens with zero attached hydrogens (tertiary/aromatic N) is 2. The van der Waals surface area contributed by atoms with E-state index in [2.05, 4.69) is 37.7 Å². The van der Waals surface area contributed by atoms with Crippen molar-refractivity contribution in [3.8, 4) is 0 Å². The second kappa shape index (κ2) is 7.34. The first kappa shape index (κ1) is 14.9. The lowest BCUT2D eigenvalue weighted by atomic mass is 9.90. The van der Waals surface area contributed by atoms with Crippen LogP contribution in [0.1, 0.15) is 33.1 Å². The van der Waals surface area contributed by atoms with Crippen molar-refractivity contribution in [2.45, 2.75) is 39.2 Å². The molecule has 0 radical (unpaired) electrons. The molecule has 102 valence electrons. The van der Waals surface area contributed by atoms with Crippen LogP contribution in [0.5, 0.6) is 0 Å². The highest BCUT2D eigenvalue weighted by molar-refractivity contribution is 4.85. The van der Waals surface area contributed by atoms with Gasteiger partial charge in [-0.15, -0.1) is 0 Å². The molecule has 0 bridgehead atoms. The summed E-state index contributed by atoms with van der Waals surface area (Å²) < 4.78 is 0. The van der Waals surface area contributed by atoms with Crippen LogP contribution in [0.3, 0.4) is 0 Å². The van der Waals surface area contributed by atoms with Crippen molar-refractivity contribution in [1.82, 2.24) is 9.80 Å². The van der Waals surface area contributed by atoms with E-state index in [4.69, 9.17) is 0 Å². The van der Waals surface area contributed by atoms with Crippen LogP contribution in [0.15, 0.2) is 0 Å². The van der Waals surface area contributed by atoms with Crippen LogP contribution in [-0.2, 0) is 0 Å². The van der Waals surface area contributed by atoms with Crippen LogP contribution in [0.2, 0.25) is 0 Å². The summed E-state index contributed by atoms with van der Waals surface area (Å²) >= 11 is 0. The summed E-state index contributed by atoms with van der Waals surface area (Å²) in [7, 11) is 4.27. The van der Waals surface area contributed by atoms with Gasteiger partial charge in [0.25, 0.3) is 0 Å². The molecule has 17 heavy (non-hydrogen) atoms. The molecule has 0 aliphatic carbocycles. The fraction of sp³-hybridized carbons (Fsp3) is 1.00. The smallest absolute Gasteiger partial charge is 0.0475 e. The molecule has 0 spiro atoms. The number of rotatable bonds is 6. The highest BCUT2D eigenvalue weighted by Gasteiger charge is 2.30. The molecule has 3 nitrogen and oxygen atoms in total. The number of hydrogen-bond acceptors (Lipinski definition) is 3. The van der Waals surface area contributed by atoms with Crippen molar-refractivity contribution in [3.63, 3.8) is 0 Å². The Bertz CT molecular complexity index is 204. The molecular weight excluding hydrogens is 212 g/mol. The molecule has 0 aromatic heterocycles. The van der Waals surface area contributed by atoms with E-state index in [0.717, 1.165) is 25.4 Å². The van der Waals surface area contributed by atoms with E-state index >= 15 is 0 Å². The Balaban J connectivity index is 2.50. The maximum absolute atomic E-state index is 9.43. The SMILES string of the molecule is CCC(CC)CN1CC[C@H](CO)[C@H](N(C)C)C1. The second-order valence-corrected chi connectivity index (χ2v) is 5.70. The minimum Gasteiger partial charge on any atom is -0.396 e. The highest BCUT2D eigenvalue weighted by Crippen LogP contribution is 2.22. The van der Waals surface area contributed by atoms with Crippen LogP contribution in [0, 0.1) is 11.8 Å². The largest absolute Gasteiger partial charge is 0.396 e. The van der Waals surface area contributed by atoms with E-state index in [0.29, 0.717) is 18.6 Å². The van der Waals surface area contributed by atoms with Crippen molar-refractivity contribution >= 4 is 0 Å². The zero-order valence-electron chi connectivity index (χ0n) is 12.0. The maximum Gasteiger partial charge on any atom is 0.0475 e. The van der Waals surface area contributed by atoms with Crippen molar-refractivity contribution in [2.75, 3.05) is 40.3 Å². The number of aliphatic hydroxyl groups is 1. The summed E-state index contributed by atoms with van der Waals surface area (Å²) in [4.78, 5) is 4.87. The molecular formula is C14H30N2O. The molecule has 0 aromatic carbocycles. The molecule has 1 aliphatic heterocycles. The molecule has 1 N–H and O–H groups in total. The first-order chi connectivity index (χ1) is 8.12. The van der Waals surface area contributed by atoms with E-state index < -0.39 is 0 Å². The zero-order valence-corrected chi connectivity index (χ0v) is 12.0. The standard InChI is InChI=1S/C14H30N2O/c1-5-12(6-2)9-16-8-7-13(11-17)14(10-16)15(3)4/h12-14,17H,5-11H2,1-4H3/t13-,14-/m1/s1. The number of likely N-dealkylation sites (tertiary alicyclic amines) is 1. The lowest BCUT2D eigenvalue weighted by molar-refractivity contribution is 0.0420. The molecule has 0 saturated carbocycles. The van der Waals surface area contributed by atoms with Crippen LogP contribution in [0.4, 0.5) is 0 Å². The molecule has 1 rings (SSSR count). The van der Waals surface area contributed by atoms with Gasteiger partial charge in [-0.2, -0.15) is 0 Å². The fourth-order valence-electron chi connectivity index (χ4n) is 2.92. The monoisotopic (exact) mass is 242 g/mol. The van der Waals surface area contributed by atoms with Crippen LogP contribution in [-0.4, -0.2) is 61.3 Å². The van der Waals surface area contributed by atoms with Gasteiger partial charge in [-0.25, -0.2) is 0 Å². The van der Waals surface area contributed by atoms with E-state index in [1.165, 1.54) is 19.4 Å². The first-order valence-corrected chi connectivity index (χ1v) is 7.11. The van der Waals surface area contributed by atoms with Crippen molar-refractivity contribution in [1.29, 1.82) is 0 Å². The third kappa shape index (κ3) is 4.23. The summed E-state index contributed by atoms with van der Waals surface area (Å²) in [5, 5.41) is 9.43.